The zero-order chi connectivity index (χ0) is 10.1. The van der Waals surface area contributed by atoms with E-state index in [9.17, 15) is 4.79 Å². The molecule has 1 saturated carbocycles. The molecule has 0 bridgehead atoms. The first-order chi connectivity index (χ1) is 6.68. The molecule has 1 aromatic rings. The van der Waals surface area contributed by atoms with Gasteiger partial charge in [0.1, 0.15) is 4.88 Å². The predicted octanol–water partition coefficient (Wildman–Crippen LogP) is 2.44. The van der Waals surface area contributed by atoms with Gasteiger partial charge in [0.2, 0.25) is 0 Å². The molecule has 14 heavy (non-hydrogen) atoms. The van der Waals surface area contributed by atoms with Gasteiger partial charge in [0.05, 0.1) is 5.00 Å². The third-order valence-corrected chi connectivity index (χ3v) is 3.94. The van der Waals surface area contributed by atoms with Crippen molar-refractivity contribution in [2.45, 2.75) is 25.3 Å². The second kappa shape index (κ2) is 3.61. The molecule has 1 aliphatic carbocycles. The molecule has 0 saturated heterocycles. The van der Waals surface area contributed by atoms with Crippen molar-refractivity contribution in [1.82, 2.24) is 0 Å². The molecule has 1 heterocycles. The fraction of sp³-hybridized carbons (Fsp3) is 0.500. The number of hydrogen-bond donors (Lipinski definition) is 1. The van der Waals surface area contributed by atoms with Crippen LogP contribution in [0.3, 0.4) is 0 Å². The van der Waals surface area contributed by atoms with E-state index in [0.717, 1.165) is 5.00 Å². The fourth-order valence-corrected chi connectivity index (χ4v) is 2.46. The van der Waals surface area contributed by atoms with Crippen molar-refractivity contribution in [1.29, 1.82) is 0 Å². The molecule has 0 aromatic carbocycles. The number of carboxylic acid groups (broad SMARTS) is 1. The van der Waals surface area contributed by atoms with Gasteiger partial charge in [-0.25, -0.2) is 4.79 Å². The molecule has 3 nitrogen and oxygen atoms in total. The monoisotopic (exact) mass is 211 g/mol. The predicted molar refractivity (Wildman–Crippen MR) is 57.3 cm³/mol. The normalized spacial score (nSPS) is 16.4. The SMILES string of the molecule is CN(c1ccc(C(=O)O)s1)C1CCC1. The maximum atomic E-state index is 10.7. The molecule has 1 N–H and O–H groups in total. The van der Waals surface area contributed by atoms with Crippen molar-refractivity contribution < 1.29 is 9.90 Å². The first-order valence-electron chi connectivity index (χ1n) is 4.74. The fourth-order valence-electron chi connectivity index (χ4n) is 1.59. The molecule has 0 amide bonds. The zero-order valence-electron chi connectivity index (χ0n) is 8.06. The molecule has 0 atom stereocenters. The average Bonchev–Trinajstić information content (AvgIpc) is 2.48. The quantitative estimate of drug-likeness (QED) is 0.834. The summed E-state index contributed by atoms with van der Waals surface area (Å²) in [5, 5.41) is 9.84. The van der Waals surface area contributed by atoms with Crippen molar-refractivity contribution in [2.24, 2.45) is 0 Å². The summed E-state index contributed by atoms with van der Waals surface area (Å²) in [6.07, 6.45) is 3.76. The van der Waals surface area contributed by atoms with E-state index in [0.29, 0.717) is 10.9 Å². The third-order valence-electron chi connectivity index (χ3n) is 2.77. The number of thiophene rings is 1. The van der Waals surface area contributed by atoms with Gasteiger partial charge in [-0.15, -0.1) is 11.3 Å². The van der Waals surface area contributed by atoms with E-state index in [-0.39, 0.29) is 0 Å². The number of hydrogen-bond acceptors (Lipinski definition) is 3. The molecular formula is C10H13NO2S. The second-order valence-corrected chi connectivity index (χ2v) is 4.70. The molecule has 1 aliphatic rings. The summed E-state index contributed by atoms with van der Waals surface area (Å²) in [7, 11) is 2.04. The van der Waals surface area contributed by atoms with E-state index >= 15 is 0 Å². The van der Waals surface area contributed by atoms with Gasteiger partial charge in [-0.3, -0.25) is 0 Å². The Labute approximate surface area is 87.0 Å². The molecule has 0 spiro atoms. The van der Waals surface area contributed by atoms with Crippen LogP contribution in [-0.4, -0.2) is 24.2 Å². The van der Waals surface area contributed by atoms with Crippen LogP contribution in [0.1, 0.15) is 28.9 Å². The van der Waals surface area contributed by atoms with Gasteiger partial charge in [0.25, 0.3) is 0 Å². The first-order valence-corrected chi connectivity index (χ1v) is 5.56. The van der Waals surface area contributed by atoms with Gasteiger partial charge in [0, 0.05) is 13.1 Å². The van der Waals surface area contributed by atoms with Gasteiger partial charge in [-0.2, -0.15) is 0 Å². The second-order valence-electron chi connectivity index (χ2n) is 3.64. The van der Waals surface area contributed by atoms with E-state index < -0.39 is 5.97 Å². The molecule has 76 valence electrons. The van der Waals surface area contributed by atoms with Crippen molar-refractivity contribution in [3.05, 3.63) is 17.0 Å². The van der Waals surface area contributed by atoms with E-state index in [1.54, 1.807) is 6.07 Å². The molecular weight excluding hydrogens is 198 g/mol. The summed E-state index contributed by atoms with van der Waals surface area (Å²) in [6.45, 7) is 0. The summed E-state index contributed by atoms with van der Waals surface area (Å²) < 4.78 is 0. The van der Waals surface area contributed by atoms with Gasteiger partial charge in [-0.1, -0.05) is 0 Å². The Morgan fingerprint density at radius 2 is 2.29 bits per heavy atom. The maximum absolute atomic E-state index is 10.7. The van der Waals surface area contributed by atoms with E-state index in [1.165, 1.54) is 30.6 Å². The van der Waals surface area contributed by atoms with Crippen molar-refractivity contribution >= 4 is 22.3 Å². The lowest BCUT2D eigenvalue weighted by molar-refractivity contribution is 0.0702. The topological polar surface area (TPSA) is 40.5 Å². The minimum absolute atomic E-state index is 0.422. The molecule has 1 aromatic heterocycles. The van der Waals surface area contributed by atoms with Crippen LogP contribution in [0.4, 0.5) is 5.00 Å². The first kappa shape index (κ1) is 9.52. The van der Waals surface area contributed by atoms with Crippen LogP contribution in [0, 0.1) is 0 Å². The molecule has 0 aliphatic heterocycles. The van der Waals surface area contributed by atoms with E-state index in [4.69, 9.17) is 5.11 Å². The highest BCUT2D eigenvalue weighted by molar-refractivity contribution is 7.17. The van der Waals surface area contributed by atoms with Crippen LogP contribution >= 0.6 is 11.3 Å². The summed E-state index contributed by atoms with van der Waals surface area (Å²) in [6, 6.07) is 4.19. The Balaban J connectivity index is 2.11. The van der Waals surface area contributed by atoms with Crippen molar-refractivity contribution in [3.63, 3.8) is 0 Å². The van der Waals surface area contributed by atoms with Crippen LogP contribution in [0.5, 0.6) is 0 Å². The smallest absolute Gasteiger partial charge is 0.345 e. The minimum Gasteiger partial charge on any atom is -0.477 e. The highest BCUT2D eigenvalue weighted by atomic mass is 32.1. The molecule has 4 heteroatoms. The van der Waals surface area contributed by atoms with Crippen LogP contribution in [-0.2, 0) is 0 Å². The number of rotatable bonds is 3. The Kier molecular flexibility index (Phi) is 2.46. The van der Waals surface area contributed by atoms with Crippen LogP contribution in [0.25, 0.3) is 0 Å². The summed E-state index contributed by atoms with van der Waals surface area (Å²) in [4.78, 5) is 13.3. The number of aromatic carboxylic acids is 1. The molecule has 0 unspecified atom stereocenters. The van der Waals surface area contributed by atoms with E-state index in [2.05, 4.69) is 4.90 Å². The van der Waals surface area contributed by atoms with Gasteiger partial charge >= 0.3 is 5.97 Å². The van der Waals surface area contributed by atoms with Crippen molar-refractivity contribution in [2.75, 3.05) is 11.9 Å². The van der Waals surface area contributed by atoms with Gasteiger partial charge < -0.3 is 10.0 Å². The standard InChI is InChI=1S/C10H13NO2S/c1-11(7-3-2-4-7)9-6-5-8(14-9)10(12)13/h5-7H,2-4H2,1H3,(H,12,13). The largest absolute Gasteiger partial charge is 0.477 e. The van der Waals surface area contributed by atoms with Crippen LogP contribution in [0.2, 0.25) is 0 Å². The van der Waals surface area contributed by atoms with Gasteiger partial charge in [0.15, 0.2) is 0 Å². The average molecular weight is 211 g/mol. The highest BCUT2D eigenvalue weighted by Crippen LogP contribution is 2.32. The summed E-state index contributed by atoms with van der Waals surface area (Å²) in [5.41, 5.74) is 0. The zero-order valence-corrected chi connectivity index (χ0v) is 8.88. The number of nitrogens with zero attached hydrogens (tertiary/aromatic N) is 1. The van der Waals surface area contributed by atoms with Crippen LogP contribution in [0.15, 0.2) is 12.1 Å². The molecule has 0 radical (unpaired) electrons. The molecule has 2 rings (SSSR count). The Morgan fingerprint density at radius 1 is 1.57 bits per heavy atom. The van der Waals surface area contributed by atoms with Crippen LogP contribution < -0.4 is 4.90 Å². The van der Waals surface area contributed by atoms with Gasteiger partial charge in [-0.05, 0) is 31.4 Å². The van der Waals surface area contributed by atoms with Crippen molar-refractivity contribution in [3.8, 4) is 0 Å². The molecule has 1 fully saturated rings. The van der Waals surface area contributed by atoms with E-state index in [1.807, 2.05) is 13.1 Å². The lowest BCUT2D eigenvalue weighted by atomic mass is 9.92. The minimum atomic E-state index is -0.830. The Morgan fingerprint density at radius 3 is 2.71 bits per heavy atom. The lowest BCUT2D eigenvalue weighted by Crippen LogP contribution is -2.36. The Bertz CT molecular complexity index is 344. The summed E-state index contributed by atoms with van der Waals surface area (Å²) >= 11 is 1.35. The number of carbonyl (C=O) groups is 1. The third kappa shape index (κ3) is 1.62. The number of anilines is 1. The lowest BCUT2D eigenvalue weighted by Gasteiger charge is -2.35. The maximum Gasteiger partial charge on any atom is 0.345 e. The highest BCUT2D eigenvalue weighted by Gasteiger charge is 2.23. The Hall–Kier alpha value is -1.03. The number of carboxylic acids is 1. The summed E-state index contributed by atoms with van der Waals surface area (Å²) in [5.74, 6) is -0.830.